The van der Waals surface area contributed by atoms with Crippen LogP contribution in [0.4, 0.5) is 10.2 Å². The number of pyridine rings is 1. The molecule has 2 aliphatic rings. The SMILES string of the molecule is CC(=O)N1CCCc2c1nc(C(C)C)c(C=C[C@@H]1C[C@H](CC(=O)OC(C)(C)C)OC(C)(C)O1)c2-c1ccc(F)cc1. The minimum absolute atomic E-state index is 0.0460. The summed E-state index contributed by atoms with van der Waals surface area (Å²) in [7, 11) is 0. The molecule has 0 spiro atoms. The minimum atomic E-state index is -0.892. The third-order valence-electron chi connectivity index (χ3n) is 7.14. The van der Waals surface area contributed by atoms with E-state index in [-0.39, 0.29) is 42.2 Å². The number of hydrogen-bond acceptors (Lipinski definition) is 6. The zero-order valence-corrected chi connectivity index (χ0v) is 25.5. The van der Waals surface area contributed by atoms with Crippen molar-refractivity contribution in [1.82, 2.24) is 4.98 Å². The quantitative estimate of drug-likeness (QED) is 0.352. The molecule has 222 valence electrons. The van der Waals surface area contributed by atoms with Gasteiger partial charge in [0, 0.05) is 31.0 Å². The van der Waals surface area contributed by atoms with Gasteiger partial charge in [-0.1, -0.05) is 38.1 Å². The Bertz CT molecular complexity index is 1310. The largest absolute Gasteiger partial charge is 0.460 e. The zero-order chi connectivity index (χ0) is 30.1. The first-order chi connectivity index (χ1) is 19.1. The summed E-state index contributed by atoms with van der Waals surface area (Å²) < 4.78 is 31.8. The number of esters is 1. The van der Waals surface area contributed by atoms with Gasteiger partial charge in [0.2, 0.25) is 5.91 Å². The summed E-state index contributed by atoms with van der Waals surface area (Å²) >= 11 is 0. The van der Waals surface area contributed by atoms with Gasteiger partial charge in [0.25, 0.3) is 0 Å². The van der Waals surface area contributed by atoms with Crippen molar-refractivity contribution in [3.8, 4) is 11.1 Å². The lowest BCUT2D eigenvalue weighted by molar-refractivity contribution is -0.290. The van der Waals surface area contributed by atoms with E-state index in [1.807, 2.05) is 46.8 Å². The Hall–Kier alpha value is -3.10. The fourth-order valence-electron chi connectivity index (χ4n) is 5.65. The first-order valence-corrected chi connectivity index (χ1v) is 14.5. The van der Waals surface area contributed by atoms with E-state index < -0.39 is 11.4 Å². The van der Waals surface area contributed by atoms with Gasteiger partial charge in [0.1, 0.15) is 17.2 Å². The molecule has 1 saturated heterocycles. The van der Waals surface area contributed by atoms with Crippen LogP contribution in [0.25, 0.3) is 17.2 Å². The molecule has 2 atom stereocenters. The predicted molar refractivity (Wildman–Crippen MR) is 158 cm³/mol. The van der Waals surface area contributed by atoms with Crippen molar-refractivity contribution in [3.63, 3.8) is 0 Å². The van der Waals surface area contributed by atoms with Crippen molar-refractivity contribution >= 4 is 23.8 Å². The van der Waals surface area contributed by atoms with Gasteiger partial charge in [-0.2, -0.15) is 0 Å². The molecule has 1 amide bonds. The van der Waals surface area contributed by atoms with Crippen molar-refractivity contribution in [3.05, 3.63) is 53.0 Å². The van der Waals surface area contributed by atoms with Crippen molar-refractivity contribution < 1.29 is 28.2 Å². The van der Waals surface area contributed by atoms with E-state index in [2.05, 4.69) is 13.8 Å². The zero-order valence-electron chi connectivity index (χ0n) is 25.5. The van der Waals surface area contributed by atoms with Crippen LogP contribution in [0.5, 0.6) is 0 Å². The summed E-state index contributed by atoms with van der Waals surface area (Å²) in [5, 5.41) is 0. The topological polar surface area (TPSA) is 78.0 Å². The monoisotopic (exact) mass is 566 g/mol. The fourth-order valence-corrected chi connectivity index (χ4v) is 5.65. The maximum absolute atomic E-state index is 14.0. The molecule has 0 N–H and O–H groups in total. The molecule has 0 radical (unpaired) electrons. The first kappa shape index (κ1) is 30.8. The number of aromatic nitrogens is 1. The Morgan fingerprint density at radius 2 is 1.88 bits per heavy atom. The first-order valence-electron chi connectivity index (χ1n) is 14.5. The normalized spacial score (nSPS) is 20.8. The van der Waals surface area contributed by atoms with Gasteiger partial charge in [-0.25, -0.2) is 9.37 Å². The predicted octanol–water partition coefficient (Wildman–Crippen LogP) is 6.97. The highest BCUT2D eigenvalue weighted by Crippen LogP contribution is 2.41. The average Bonchev–Trinajstić information content (AvgIpc) is 2.84. The van der Waals surface area contributed by atoms with Crippen molar-refractivity contribution in [2.24, 2.45) is 0 Å². The van der Waals surface area contributed by atoms with Gasteiger partial charge in [0.05, 0.1) is 24.3 Å². The Morgan fingerprint density at radius 1 is 1.20 bits per heavy atom. The molecule has 0 saturated carbocycles. The van der Waals surface area contributed by atoms with Gasteiger partial charge < -0.3 is 14.2 Å². The maximum atomic E-state index is 14.0. The number of anilines is 1. The number of nitrogens with zero attached hydrogens (tertiary/aromatic N) is 2. The third-order valence-corrected chi connectivity index (χ3v) is 7.14. The van der Waals surface area contributed by atoms with E-state index in [1.54, 1.807) is 24.0 Å². The summed E-state index contributed by atoms with van der Waals surface area (Å²) in [4.78, 5) is 31.9. The van der Waals surface area contributed by atoms with E-state index in [0.717, 1.165) is 40.8 Å². The lowest BCUT2D eigenvalue weighted by Crippen LogP contribution is -2.45. The summed E-state index contributed by atoms with van der Waals surface area (Å²) in [6.07, 6.45) is 5.54. The lowest BCUT2D eigenvalue weighted by atomic mass is 9.87. The third kappa shape index (κ3) is 7.60. The smallest absolute Gasteiger partial charge is 0.308 e. The number of rotatable bonds is 6. The Labute approximate surface area is 243 Å². The fraction of sp³-hybridized carbons (Fsp3) is 0.545. The molecular formula is C33H43FN2O5. The molecule has 2 aliphatic heterocycles. The van der Waals surface area contributed by atoms with Crippen LogP contribution in [0.3, 0.4) is 0 Å². The summed E-state index contributed by atoms with van der Waals surface area (Å²) in [6, 6.07) is 6.48. The molecule has 2 aromatic rings. The number of hydrogen-bond donors (Lipinski definition) is 0. The van der Waals surface area contributed by atoms with Crippen molar-refractivity contribution in [2.45, 2.75) is 111 Å². The second kappa shape index (κ2) is 12.0. The number of amides is 1. The second-order valence-electron chi connectivity index (χ2n) is 12.7. The van der Waals surface area contributed by atoms with Gasteiger partial charge in [-0.05, 0) is 76.6 Å². The van der Waals surface area contributed by atoms with Crippen LogP contribution >= 0.6 is 0 Å². The Balaban J connectivity index is 1.76. The van der Waals surface area contributed by atoms with Crippen LogP contribution in [0, 0.1) is 5.82 Å². The molecule has 0 bridgehead atoms. The van der Waals surface area contributed by atoms with Crippen LogP contribution in [0.2, 0.25) is 0 Å². The molecule has 8 heteroatoms. The van der Waals surface area contributed by atoms with Crippen LogP contribution in [0.15, 0.2) is 30.3 Å². The summed E-state index contributed by atoms with van der Waals surface area (Å²) in [5.74, 6) is -0.812. The van der Waals surface area contributed by atoms with Gasteiger partial charge in [-0.3, -0.25) is 14.5 Å². The van der Waals surface area contributed by atoms with E-state index >= 15 is 0 Å². The minimum Gasteiger partial charge on any atom is -0.460 e. The number of carbonyl (C=O) groups is 2. The average molecular weight is 567 g/mol. The molecule has 1 aromatic carbocycles. The van der Waals surface area contributed by atoms with Crippen molar-refractivity contribution in [2.75, 3.05) is 11.4 Å². The highest BCUT2D eigenvalue weighted by Gasteiger charge is 2.36. The maximum Gasteiger partial charge on any atom is 0.308 e. The molecular weight excluding hydrogens is 523 g/mol. The molecule has 0 unspecified atom stereocenters. The highest BCUT2D eigenvalue weighted by molar-refractivity contribution is 5.94. The lowest BCUT2D eigenvalue weighted by Gasteiger charge is -2.40. The number of halogens is 1. The van der Waals surface area contributed by atoms with Crippen LogP contribution in [-0.4, -0.2) is 47.0 Å². The van der Waals surface area contributed by atoms with Crippen LogP contribution in [0.1, 0.15) is 97.4 Å². The van der Waals surface area contributed by atoms with E-state index in [9.17, 15) is 14.0 Å². The number of carbonyl (C=O) groups excluding carboxylic acids is 2. The highest BCUT2D eigenvalue weighted by atomic mass is 19.1. The standard InChI is InChI=1S/C33H43FN2O5/c1-20(2)30-26(16-15-24-18-25(40-33(7,8)39-24)19-28(38)41-32(4,5)6)29(22-11-13-23(34)14-12-22)27-10-9-17-36(21(3)37)31(27)35-30/h11-16,20,24-25H,9-10,17-19H2,1-8H3/t24-,25-/m1/s1. The van der Waals surface area contributed by atoms with Crippen LogP contribution in [-0.2, 0) is 30.2 Å². The van der Waals surface area contributed by atoms with Gasteiger partial charge >= 0.3 is 5.97 Å². The van der Waals surface area contributed by atoms with Gasteiger partial charge in [-0.15, -0.1) is 0 Å². The van der Waals surface area contributed by atoms with E-state index in [4.69, 9.17) is 19.2 Å². The summed E-state index contributed by atoms with van der Waals surface area (Å²) in [6.45, 7) is 15.6. The molecule has 0 aliphatic carbocycles. The summed E-state index contributed by atoms with van der Waals surface area (Å²) in [5.41, 5.74) is 4.01. The van der Waals surface area contributed by atoms with Gasteiger partial charge in [0.15, 0.2) is 5.79 Å². The molecule has 4 rings (SSSR count). The van der Waals surface area contributed by atoms with Crippen LogP contribution < -0.4 is 4.90 Å². The van der Waals surface area contributed by atoms with E-state index in [1.165, 1.54) is 12.1 Å². The second-order valence-corrected chi connectivity index (χ2v) is 12.7. The molecule has 1 fully saturated rings. The molecule has 1 aromatic heterocycles. The van der Waals surface area contributed by atoms with Crippen molar-refractivity contribution in [1.29, 1.82) is 0 Å². The number of benzene rings is 1. The number of ether oxygens (including phenoxy) is 3. The molecule has 3 heterocycles. The Morgan fingerprint density at radius 3 is 2.49 bits per heavy atom. The van der Waals surface area contributed by atoms with E-state index in [0.29, 0.717) is 18.8 Å². The number of fused-ring (bicyclic) bond motifs is 1. The Kier molecular flexibility index (Phi) is 9.04. The molecule has 41 heavy (non-hydrogen) atoms. The molecule has 7 nitrogen and oxygen atoms in total.